The second kappa shape index (κ2) is 7.07. The van der Waals surface area contributed by atoms with Crippen LogP contribution in [0.25, 0.3) is 0 Å². The summed E-state index contributed by atoms with van der Waals surface area (Å²) in [4.78, 5) is 26.6. The summed E-state index contributed by atoms with van der Waals surface area (Å²) in [5.74, 6) is -0.393. The number of amidine groups is 1. The fourth-order valence-corrected chi connectivity index (χ4v) is 4.39. The molecule has 0 radical (unpaired) electrons. The average Bonchev–Trinajstić information content (AvgIpc) is 2.90. The maximum Gasteiger partial charge on any atom is 0.329 e. The van der Waals surface area contributed by atoms with E-state index in [1.807, 2.05) is 0 Å². The van der Waals surface area contributed by atoms with Gasteiger partial charge in [0.25, 0.3) is 10.0 Å². The van der Waals surface area contributed by atoms with Crippen molar-refractivity contribution in [2.75, 3.05) is 13.2 Å². The molecule has 0 unspecified atom stereocenters. The number of benzene rings is 1. The van der Waals surface area contributed by atoms with Crippen LogP contribution in [-0.2, 0) is 24.3 Å². The fourth-order valence-electron chi connectivity index (χ4n) is 3.18. The summed E-state index contributed by atoms with van der Waals surface area (Å²) in [6.45, 7) is 5.53. The Balaban J connectivity index is 1.83. The number of hydrogen-bond acceptors (Lipinski definition) is 6. The van der Waals surface area contributed by atoms with Crippen molar-refractivity contribution >= 4 is 27.6 Å². The second-order valence-electron chi connectivity index (χ2n) is 7.87. The van der Waals surface area contributed by atoms with E-state index in [1.165, 1.54) is 6.07 Å². The van der Waals surface area contributed by atoms with Crippen LogP contribution in [0, 0.1) is 5.41 Å². The summed E-state index contributed by atoms with van der Waals surface area (Å²) < 4.78 is 33.9. The highest BCUT2D eigenvalue weighted by atomic mass is 32.2. The van der Waals surface area contributed by atoms with Gasteiger partial charge in [-0.15, -0.1) is 4.40 Å². The predicted octanol–water partition coefficient (Wildman–Crippen LogP) is 2.15. The van der Waals surface area contributed by atoms with Gasteiger partial charge >= 0.3 is 5.97 Å². The first-order chi connectivity index (χ1) is 12.6. The van der Waals surface area contributed by atoms with E-state index in [0.29, 0.717) is 18.5 Å². The minimum Gasteiger partial charge on any atom is -0.456 e. The Morgan fingerprint density at radius 1 is 1.22 bits per heavy atom. The van der Waals surface area contributed by atoms with Crippen molar-refractivity contribution in [1.82, 2.24) is 4.90 Å². The summed E-state index contributed by atoms with van der Waals surface area (Å²) in [7, 11) is -3.76. The zero-order valence-electron chi connectivity index (χ0n) is 15.8. The standard InChI is InChI=1S/C19H24N2O5S/c1-19(2,3)16(22)12-26-18(23)14-9-6-7-11-21(14)17-13-8-4-5-10-15(13)27(24,25)20-17/h4-5,8,10,14H,6-7,9,11-12H2,1-3H3/t14-/m0/s1. The Hall–Kier alpha value is -2.22. The highest BCUT2D eigenvalue weighted by Gasteiger charge is 2.39. The van der Waals surface area contributed by atoms with Crippen molar-refractivity contribution in [2.45, 2.75) is 51.0 Å². The molecule has 7 nitrogen and oxygen atoms in total. The first kappa shape index (κ1) is 19.5. The van der Waals surface area contributed by atoms with Gasteiger partial charge in [-0.25, -0.2) is 4.79 Å². The minimum atomic E-state index is -3.76. The van der Waals surface area contributed by atoms with E-state index in [1.54, 1.807) is 43.9 Å². The summed E-state index contributed by atoms with van der Waals surface area (Å²) in [6, 6.07) is 5.95. The molecule has 1 saturated heterocycles. The highest BCUT2D eigenvalue weighted by Crippen LogP contribution is 2.31. The third kappa shape index (κ3) is 3.90. The van der Waals surface area contributed by atoms with Gasteiger partial charge < -0.3 is 9.64 Å². The topological polar surface area (TPSA) is 93.1 Å². The van der Waals surface area contributed by atoms with E-state index in [-0.39, 0.29) is 23.1 Å². The largest absolute Gasteiger partial charge is 0.456 e. The van der Waals surface area contributed by atoms with Gasteiger partial charge in [0.2, 0.25) is 0 Å². The van der Waals surface area contributed by atoms with Crippen molar-refractivity contribution in [3.05, 3.63) is 29.8 Å². The molecular weight excluding hydrogens is 368 g/mol. The van der Waals surface area contributed by atoms with Crippen LogP contribution < -0.4 is 0 Å². The van der Waals surface area contributed by atoms with Crippen LogP contribution in [0.2, 0.25) is 0 Å². The molecule has 146 valence electrons. The van der Waals surface area contributed by atoms with Gasteiger partial charge in [-0.05, 0) is 31.4 Å². The number of sulfonamides is 1. The number of carbonyl (C=O) groups excluding carboxylic acids is 2. The Morgan fingerprint density at radius 2 is 1.93 bits per heavy atom. The molecule has 3 rings (SSSR count). The van der Waals surface area contributed by atoms with Crippen LogP contribution >= 0.6 is 0 Å². The Bertz CT molecular complexity index is 899. The summed E-state index contributed by atoms with van der Waals surface area (Å²) in [5, 5.41) is 0. The number of esters is 1. The maximum atomic E-state index is 12.6. The lowest BCUT2D eigenvalue weighted by Crippen LogP contribution is -2.49. The van der Waals surface area contributed by atoms with E-state index in [0.717, 1.165) is 12.8 Å². The number of likely N-dealkylation sites (tertiary alicyclic amines) is 1. The molecule has 8 heteroatoms. The summed E-state index contributed by atoms with van der Waals surface area (Å²) in [5.41, 5.74) is -0.0855. The first-order valence-corrected chi connectivity index (χ1v) is 10.5. The van der Waals surface area contributed by atoms with Gasteiger partial charge in [0.1, 0.15) is 10.9 Å². The molecule has 1 aromatic carbocycles. The van der Waals surface area contributed by atoms with Gasteiger partial charge in [0.15, 0.2) is 18.2 Å². The maximum absolute atomic E-state index is 12.6. The normalized spacial score (nSPS) is 21.4. The summed E-state index contributed by atoms with van der Waals surface area (Å²) in [6.07, 6.45) is 2.18. The van der Waals surface area contributed by atoms with Crippen molar-refractivity contribution in [1.29, 1.82) is 0 Å². The number of hydrogen-bond donors (Lipinski definition) is 0. The average molecular weight is 392 g/mol. The molecule has 0 aromatic heterocycles. The third-order valence-corrected chi connectivity index (χ3v) is 6.17. The van der Waals surface area contributed by atoms with E-state index < -0.39 is 27.4 Å². The first-order valence-electron chi connectivity index (χ1n) is 9.02. The zero-order chi connectivity index (χ0) is 19.8. The number of fused-ring (bicyclic) bond motifs is 1. The second-order valence-corrected chi connectivity index (χ2v) is 9.44. The fraction of sp³-hybridized carbons (Fsp3) is 0.526. The van der Waals surface area contributed by atoms with E-state index >= 15 is 0 Å². The molecule has 0 spiro atoms. The van der Waals surface area contributed by atoms with Gasteiger partial charge in [-0.1, -0.05) is 32.9 Å². The van der Waals surface area contributed by atoms with E-state index in [2.05, 4.69) is 4.40 Å². The van der Waals surface area contributed by atoms with Gasteiger partial charge in [-0.3, -0.25) is 4.79 Å². The van der Waals surface area contributed by atoms with Crippen LogP contribution in [0.15, 0.2) is 33.6 Å². The van der Waals surface area contributed by atoms with E-state index in [9.17, 15) is 18.0 Å². The monoisotopic (exact) mass is 392 g/mol. The molecule has 0 N–H and O–H groups in total. The quantitative estimate of drug-likeness (QED) is 0.732. The molecule has 2 aliphatic heterocycles. The summed E-state index contributed by atoms with van der Waals surface area (Å²) >= 11 is 0. The molecule has 0 bridgehead atoms. The number of Topliss-reactive ketones (excluding diaryl/α,β-unsaturated/α-hetero) is 1. The lowest BCUT2D eigenvalue weighted by atomic mass is 9.91. The highest BCUT2D eigenvalue weighted by molar-refractivity contribution is 7.90. The number of ether oxygens (including phenoxy) is 1. The van der Waals surface area contributed by atoms with Crippen molar-refractivity contribution < 1.29 is 22.7 Å². The number of piperidine rings is 1. The lowest BCUT2D eigenvalue weighted by Gasteiger charge is -2.35. The lowest BCUT2D eigenvalue weighted by molar-refractivity contribution is -0.154. The van der Waals surface area contributed by atoms with Gasteiger partial charge in [0.05, 0.1) is 0 Å². The van der Waals surface area contributed by atoms with Crippen molar-refractivity contribution in [3.63, 3.8) is 0 Å². The number of carbonyl (C=O) groups is 2. The molecule has 1 aromatic rings. The number of rotatable bonds is 3. The number of ketones is 1. The Labute approximate surface area is 159 Å². The molecule has 2 heterocycles. The molecule has 0 amide bonds. The van der Waals surface area contributed by atoms with Gasteiger partial charge in [0, 0.05) is 17.5 Å². The number of nitrogens with zero attached hydrogens (tertiary/aromatic N) is 2. The van der Waals surface area contributed by atoms with Crippen molar-refractivity contribution in [2.24, 2.45) is 9.81 Å². The van der Waals surface area contributed by atoms with Crippen molar-refractivity contribution in [3.8, 4) is 0 Å². The smallest absolute Gasteiger partial charge is 0.329 e. The van der Waals surface area contributed by atoms with Crippen LogP contribution in [-0.4, -0.2) is 50.1 Å². The zero-order valence-corrected chi connectivity index (χ0v) is 16.6. The molecule has 1 fully saturated rings. The minimum absolute atomic E-state index is 0.153. The Morgan fingerprint density at radius 3 is 2.63 bits per heavy atom. The Kier molecular flexibility index (Phi) is 5.12. The molecule has 0 aliphatic carbocycles. The van der Waals surface area contributed by atoms with Gasteiger partial charge in [-0.2, -0.15) is 8.42 Å². The van der Waals surface area contributed by atoms with Crippen LogP contribution in [0.4, 0.5) is 0 Å². The molecule has 0 saturated carbocycles. The molecule has 27 heavy (non-hydrogen) atoms. The SMILES string of the molecule is CC(C)(C)C(=O)COC(=O)[C@@H]1CCCCN1C1=NS(=O)(=O)c2ccccc21. The molecule has 1 atom stereocenters. The van der Waals surface area contributed by atoms with Crippen LogP contribution in [0.5, 0.6) is 0 Å². The molecular formula is C19H24N2O5S. The van der Waals surface area contributed by atoms with Crippen LogP contribution in [0.3, 0.4) is 0 Å². The third-order valence-electron chi connectivity index (χ3n) is 4.84. The molecule has 2 aliphatic rings. The van der Waals surface area contributed by atoms with E-state index in [4.69, 9.17) is 4.74 Å². The predicted molar refractivity (Wildman–Crippen MR) is 99.9 cm³/mol. The van der Waals surface area contributed by atoms with Crippen LogP contribution in [0.1, 0.15) is 45.6 Å².